The largest absolute Gasteiger partial charge is 0.444 e. The number of alkyl carbamates (subject to hydrolysis) is 1. The average molecular weight is 262 g/mol. The van der Waals surface area contributed by atoms with Gasteiger partial charge in [-0.1, -0.05) is 11.2 Å². The van der Waals surface area contributed by atoms with Crippen LogP contribution < -0.4 is 5.32 Å². The molecule has 1 N–H and O–H groups in total. The van der Waals surface area contributed by atoms with Crippen molar-refractivity contribution >= 4 is 17.1 Å². The second-order valence-corrected chi connectivity index (χ2v) is 5.45. The topological polar surface area (TPSA) is 64.4 Å². The average Bonchev–Trinajstić information content (AvgIpc) is 2.66. The first-order valence-electron chi connectivity index (χ1n) is 6.17. The molecule has 0 aliphatic heterocycles. The first-order chi connectivity index (χ1) is 8.85. The highest BCUT2D eigenvalue weighted by molar-refractivity contribution is 5.80. The zero-order chi connectivity index (χ0) is 14.0. The van der Waals surface area contributed by atoms with Crippen molar-refractivity contribution in [2.24, 2.45) is 0 Å². The van der Waals surface area contributed by atoms with Crippen molar-refractivity contribution < 1.29 is 14.1 Å². The highest BCUT2D eigenvalue weighted by atomic mass is 16.6. The summed E-state index contributed by atoms with van der Waals surface area (Å²) >= 11 is 0. The van der Waals surface area contributed by atoms with Crippen LogP contribution in [0.4, 0.5) is 4.79 Å². The molecule has 0 saturated heterocycles. The third kappa shape index (κ3) is 3.47. The number of amides is 1. The Bertz CT molecular complexity index is 596. The summed E-state index contributed by atoms with van der Waals surface area (Å²) in [7, 11) is 0. The molecule has 0 fully saturated rings. The van der Waals surface area contributed by atoms with Crippen molar-refractivity contribution in [3.8, 4) is 0 Å². The summed E-state index contributed by atoms with van der Waals surface area (Å²) in [5, 5.41) is 7.57. The molecule has 1 amide bonds. The predicted molar refractivity (Wildman–Crippen MR) is 71.8 cm³/mol. The first-order valence-corrected chi connectivity index (χ1v) is 6.17. The molecular formula is C14H18N2O3. The van der Waals surface area contributed by atoms with E-state index in [0.29, 0.717) is 6.54 Å². The van der Waals surface area contributed by atoms with Gasteiger partial charge < -0.3 is 14.6 Å². The number of carbonyl (C=O) groups is 1. The molecule has 0 aliphatic rings. The standard InChI is InChI=1S/C14H18N2O3/c1-9-11-7-10(5-6-12(11)19-16-9)8-15-13(17)18-14(2,3)4/h5-7H,8H2,1-4H3,(H,15,17). The minimum Gasteiger partial charge on any atom is -0.444 e. The number of benzene rings is 1. The van der Waals surface area contributed by atoms with E-state index in [1.165, 1.54) is 0 Å². The molecule has 0 unspecified atom stereocenters. The Hall–Kier alpha value is -2.04. The van der Waals surface area contributed by atoms with Crippen LogP contribution >= 0.6 is 0 Å². The molecule has 5 nitrogen and oxygen atoms in total. The van der Waals surface area contributed by atoms with E-state index < -0.39 is 11.7 Å². The number of aryl methyl sites for hydroxylation is 1. The maximum Gasteiger partial charge on any atom is 0.407 e. The van der Waals surface area contributed by atoms with E-state index in [1.54, 1.807) is 0 Å². The smallest absolute Gasteiger partial charge is 0.407 e. The molecule has 1 heterocycles. The van der Waals surface area contributed by atoms with Crippen molar-refractivity contribution in [2.75, 3.05) is 0 Å². The van der Waals surface area contributed by atoms with Gasteiger partial charge in [0.25, 0.3) is 0 Å². The Labute approximate surface area is 111 Å². The van der Waals surface area contributed by atoms with E-state index in [-0.39, 0.29) is 0 Å². The lowest BCUT2D eigenvalue weighted by atomic mass is 10.1. The maximum atomic E-state index is 11.5. The minimum absolute atomic E-state index is 0.412. The molecule has 5 heteroatoms. The van der Waals surface area contributed by atoms with Gasteiger partial charge in [-0.2, -0.15) is 0 Å². The van der Waals surface area contributed by atoms with Gasteiger partial charge in [0.05, 0.1) is 5.69 Å². The maximum absolute atomic E-state index is 11.5. The number of hydrogen-bond donors (Lipinski definition) is 1. The van der Waals surface area contributed by atoms with Gasteiger partial charge in [-0.3, -0.25) is 0 Å². The lowest BCUT2D eigenvalue weighted by molar-refractivity contribution is 0.0523. The molecule has 2 rings (SSSR count). The van der Waals surface area contributed by atoms with Gasteiger partial charge in [0.2, 0.25) is 0 Å². The van der Waals surface area contributed by atoms with E-state index in [1.807, 2.05) is 45.9 Å². The van der Waals surface area contributed by atoms with Crippen LogP contribution in [0.25, 0.3) is 11.0 Å². The van der Waals surface area contributed by atoms with Crippen LogP contribution in [-0.2, 0) is 11.3 Å². The highest BCUT2D eigenvalue weighted by Crippen LogP contribution is 2.19. The van der Waals surface area contributed by atoms with Crippen molar-refractivity contribution in [3.63, 3.8) is 0 Å². The number of rotatable bonds is 2. The highest BCUT2D eigenvalue weighted by Gasteiger charge is 2.15. The normalized spacial score (nSPS) is 11.6. The van der Waals surface area contributed by atoms with Gasteiger partial charge in [-0.25, -0.2) is 4.79 Å². The van der Waals surface area contributed by atoms with E-state index >= 15 is 0 Å². The van der Waals surface area contributed by atoms with Gasteiger partial charge in [0.15, 0.2) is 5.58 Å². The number of carbonyl (C=O) groups excluding carboxylic acids is 1. The fourth-order valence-corrected chi connectivity index (χ4v) is 1.70. The van der Waals surface area contributed by atoms with E-state index in [0.717, 1.165) is 22.2 Å². The van der Waals surface area contributed by atoms with Crippen molar-refractivity contribution in [1.82, 2.24) is 10.5 Å². The van der Waals surface area contributed by atoms with E-state index in [2.05, 4.69) is 10.5 Å². The third-order valence-corrected chi connectivity index (χ3v) is 2.55. The quantitative estimate of drug-likeness (QED) is 0.902. The van der Waals surface area contributed by atoms with Crippen LogP contribution in [0.15, 0.2) is 22.7 Å². The summed E-state index contributed by atoms with van der Waals surface area (Å²) in [5.41, 5.74) is 2.08. The zero-order valence-corrected chi connectivity index (χ0v) is 11.6. The molecular weight excluding hydrogens is 244 g/mol. The number of ether oxygens (including phenoxy) is 1. The molecule has 0 radical (unpaired) electrons. The number of hydrogen-bond acceptors (Lipinski definition) is 4. The van der Waals surface area contributed by atoms with Crippen LogP contribution in [0.1, 0.15) is 32.0 Å². The predicted octanol–water partition coefficient (Wildman–Crippen LogP) is 3.16. The Balaban J connectivity index is 2.02. The first kappa shape index (κ1) is 13.4. The molecule has 0 atom stereocenters. The molecule has 0 spiro atoms. The second kappa shape index (κ2) is 4.91. The van der Waals surface area contributed by atoms with Crippen LogP contribution in [0.5, 0.6) is 0 Å². The number of aromatic nitrogens is 1. The molecule has 0 bridgehead atoms. The molecule has 0 saturated carbocycles. The van der Waals surface area contributed by atoms with Gasteiger partial charge in [0.1, 0.15) is 5.60 Å². The summed E-state index contributed by atoms with van der Waals surface area (Å²) in [6.45, 7) is 7.80. The van der Waals surface area contributed by atoms with Crippen LogP contribution in [0.3, 0.4) is 0 Å². The lowest BCUT2D eigenvalue weighted by Crippen LogP contribution is -2.32. The summed E-state index contributed by atoms with van der Waals surface area (Å²) in [6.07, 6.45) is -0.422. The monoisotopic (exact) mass is 262 g/mol. The minimum atomic E-state index is -0.487. The Morgan fingerprint density at radius 3 is 2.84 bits per heavy atom. The van der Waals surface area contributed by atoms with E-state index in [4.69, 9.17) is 9.26 Å². The van der Waals surface area contributed by atoms with Crippen LogP contribution in [0.2, 0.25) is 0 Å². The van der Waals surface area contributed by atoms with E-state index in [9.17, 15) is 4.79 Å². The fourth-order valence-electron chi connectivity index (χ4n) is 1.70. The SMILES string of the molecule is Cc1noc2ccc(CNC(=O)OC(C)(C)C)cc12. The summed E-state index contributed by atoms with van der Waals surface area (Å²) in [6, 6.07) is 5.70. The number of nitrogens with one attached hydrogen (secondary N) is 1. The van der Waals surface area contributed by atoms with Gasteiger partial charge in [-0.05, 0) is 45.4 Å². The van der Waals surface area contributed by atoms with Crippen molar-refractivity contribution in [3.05, 3.63) is 29.5 Å². The van der Waals surface area contributed by atoms with Crippen LogP contribution in [-0.4, -0.2) is 16.9 Å². The molecule has 1 aromatic carbocycles. The molecule has 2 aromatic rings. The van der Waals surface area contributed by atoms with Gasteiger partial charge in [-0.15, -0.1) is 0 Å². The second-order valence-electron chi connectivity index (χ2n) is 5.45. The Morgan fingerprint density at radius 2 is 2.16 bits per heavy atom. The van der Waals surface area contributed by atoms with Gasteiger partial charge >= 0.3 is 6.09 Å². The zero-order valence-electron chi connectivity index (χ0n) is 11.6. The third-order valence-electron chi connectivity index (χ3n) is 2.55. The summed E-state index contributed by atoms with van der Waals surface area (Å²) < 4.78 is 10.3. The molecule has 0 aliphatic carbocycles. The summed E-state index contributed by atoms with van der Waals surface area (Å²) in [4.78, 5) is 11.5. The summed E-state index contributed by atoms with van der Waals surface area (Å²) in [5.74, 6) is 0. The number of fused-ring (bicyclic) bond motifs is 1. The molecule has 1 aromatic heterocycles. The number of nitrogens with zero attached hydrogens (tertiary/aromatic N) is 1. The Kier molecular flexibility index (Phi) is 3.46. The van der Waals surface area contributed by atoms with Crippen molar-refractivity contribution in [1.29, 1.82) is 0 Å². The molecule has 19 heavy (non-hydrogen) atoms. The van der Waals surface area contributed by atoms with Crippen LogP contribution in [0, 0.1) is 6.92 Å². The molecule has 102 valence electrons. The lowest BCUT2D eigenvalue weighted by Gasteiger charge is -2.19. The Morgan fingerprint density at radius 1 is 1.42 bits per heavy atom. The van der Waals surface area contributed by atoms with Gasteiger partial charge in [0, 0.05) is 11.9 Å². The fraction of sp³-hybridized carbons (Fsp3) is 0.429. The van der Waals surface area contributed by atoms with Crippen molar-refractivity contribution in [2.45, 2.75) is 39.8 Å².